The van der Waals surface area contributed by atoms with Crippen LogP contribution in [0, 0.1) is 11.3 Å². The first-order valence-corrected chi connectivity index (χ1v) is 9.64. The van der Waals surface area contributed by atoms with Crippen molar-refractivity contribution < 1.29 is 9.59 Å². The Labute approximate surface area is 159 Å². The zero-order valence-electron chi connectivity index (χ0n) is 16.1. The van der Waals surface area contributed by atoms with Crippen LogP contribution >= 0.6 is 12.4 Å². The Morgan fingerprint density at radius 2 is 1.96 bits per heavy atom. The Bertz CT molecular complexity index is 431. The number of carbonyl (C=O) groups excluding carboxylic acids is 2. The summed E-state index contributed by atoms with van der Waals surface area (Å²) in [5.41, 5.74) is 0.295. The van der Waals surface area contributed by atoms with Crippen LogP contribution in [0.1, 0.15) is 65.7 Å². The molecule has 0 aromatic rings. The van der Waals surface area contributed by atoms with Gasteiger partial charge in [0, 0.05) is 26.1 Å². The van der Waals surface area contributed by atoms with E-state index in [0.717, 1.165) is 58.2 Å². The van der Waals surface area contributed by atoms with Crippen LogP contribution in [0.2, 0.25) is 0 Å². The molecule has 0 aromatic carbocycles. The fourth-order valence-electron chi connectivity index (χ4n) is 3.66. The van der Waals surface area contributed by atoms with Gasteiger partial charge < -0.3 is 15.5 Å². The van der Waals surface area contributed by atoms with Gasteiger partial charge in [-0.3, -0.25) is 9.59 Å². The van der Waals surface area contributed by atoms with Crippen molar-refractivity contribution in [3.63, 3.8) is 0 Å². The van der Waals surface area contributed by atoms with Gasteiger partial charge in [-0.15, -0.1) is 12.4 Å². The minimum Gasteiger partial charge on any atom is -0.354 e. The van der Waals surface area contributed by atoms with Crippen molar-refractivity contribution >= 4 is 24.2 Å². The number of nitrogens with zero attached hydrogens (tertiary/aromatic N) is 1. The predicted molar refractivity (Wildman–Crippen MR) is 104 cm³/mol. The van der Waals surface area contributed by atoms with Crippen molar-refractivity contribution in [3.05, 3.63) is 0 Å². The van der Waals surface area contributed by atoms with Gasteiger partial charge in [-0.1, -0.05) is 20.8 Å². The third kappa shape index (κ3) is 7.95. The van der Waals surface area contributed by atoms with Crippen molar-refractivity contribution in [1.29, 1.82) is 0 Å². The third-order valence-corrected chi connectivity index (χ3v) is 5.13. The van der Waals surface area contributed by atoms with Gasteiger partial charge in [-0.05, 0) is 56.4 Å². The molecule has 146 valence electrons. The van der Waals surface area contributed by atoms with Gasteiger partial charge >= 0.3 is 0 Å². The molecule has 2 N–H and O–H groups in total. The largest absolute Gasteiger partial charge is 0.354 e. The van der Waals surface area contributed by atoms with Crippen molar-refractivity contribution in [2.45, 2.75) is 71.8 Å². The van der Waals surface area contributed by atoms with E-state index in [-0.39, 0.29) is 30.3 Å². The van der Waals surface area contributed by atoms with E-state index in [1.807, 2.05) is 4.90 Å². The Balaban J connectivity index is 0.00000312. The molecule has 2 fully saturated rings. The molecular formula is C19H36ClN3O2. The zero-order chi connectivity index (χ0) is 17.6. The number of amides is 2. The number of carbonyl (C=O) groups is 2. The van der Waals surface area contributed by atoms with Gasteiger partial charge in [-0.2, -0.15) is 0 Å². The van der Waals surface area contributed by atoms with E-state index < -0.39 is 0 Å². The summed E-state index contributed by atoms with van der Waals surface area (Å²) in [6, 6.07) is -0.0104. The van der Waals surface area contributed by atoms with E-state index in [1.54, 1.807) is 0 Å². The van der Waals surface area contributed by atoms with Crippen molar-refractivity contribution in [2.24, 2.45) is 11.3 Å². The first-order chi connectivity index (χ1) is 11.3. The summed E-state index contributed by atoms with van der Waals surface area (Å²) in [6.45, 7) is 9.97. The summed E-state index contributed by atoms with van der Waals surface area (Å²) < 4.78 is 0. The number of nitrogens with one attached hydrogen (secondary N) is 2. The second-order valence-electron chi connectivity index (χ2n) is 8.66. The summed E-state index contributed by atoms with van der Waals surface area (Å²) in [5.74, 6) is 0.810. The molecule has 25 heavy (non-hydrogen) atoms. The zero-order valence-corrected chi connectivity index (χ0v) is 16.9. The maximum atomic E-state index is 12.4. The van der Waals surface area contributed by atoms with Gasteiger partial charge in [0.2, 0.25) is 11.8 Å². The summed E-state index contributed by atoms with van der Waals surface area (Å²) >= 11 is 0. The minimum absolute atomic E-state index is 0. The number of halogens is 1. The molecule has 2 atom stereocenters. The first kappa shape index (κ1) is 22.2. The van der Waals surface area contributed by atoms with Crippen LogP contribution in [0.15, 0.2) is 0 Å². The van der Waals surface area contributed by atoms with Crippen molar-refractivity contribution in [1.82, 2.24) is 15.5 Å². The van der Waals surface area contributed by atoms with E-state index in [2.05, 4.69) is 31.4 Å². The molecule has 2 aliphatic heterocycles. The van der Waals surface area contributed by atoms with Crippen LogP contribution in [0.4, 0.5) is 0 Å². The van der Waals surface area contributed by atoms with Crippen LogP contribution in [-0.2, 0) is 9.59 Å². The predicted octanol–water partition coefficient (Wildman–Crippen LogP) is 2.73. The van der Waals surface area contributed by atoms with Gasteiger partial charge in [0.05, 0.1) is 6.04 Å². The van der Waals surface area contributed by atoms with Gasteiger partial charge in [0.1, 0.15) is 0 Å². The number of rotatable bonds is 6. The highest BCUT2D eigenvalue weighted by Crippen LogP contribution is 2.23. The van der Waals surface area contributed by atoms with Gasteiger partial charge in [0.25, 0.3) is 0 Å². The standard InChI is InChI=1S/C19H35N3O2.ClH/c1-19(2,3)10-4-9-17(23)22-12-6-7-15(14-22)13-21-18(24)16-8-5-11-20-16;/h15-16,20H,4-14H2,1-3H3,(H,21,24);1H. The molecule has 0 bridgehead atoms. The number of piperidine rings is 1. The van der Waals surface area contributed by atoms with Crippen LogP contribution in [-0.4, -0.2) is 48.9 Å². The number of hydrogen-bond acceptors (Lipinski definition) is 3. The van der Waals surface area contributed by atoms with Crippen LogP contribution in [0.3, 0.4) is 0 Å². The topological polar surface area (TPSA) is 61.4 Å². The lowest BCUT2D eigenvalue weighted by Gasteiger charge is -2.33. The molecule has 0 radical (unpaired) electrons. The second-order valence-corrected chi connectivity index (χ2v) is 8.66. The third-order valence-electron chi connectivity index (χ3n) is 5.13. The maximum absolute atomic E-state index is 12.4. The highest BCUT2D eigenvalue weighted by atomic mass is 35.5. The van der Waals surface area contributed by atoms with E-state index in [1.165, 1.54) is 0 Å². The van der Waals surface area contributed by atoms with Crippen LogP contribution < -0.4 is 10.6 Å². The lowest BCUT2D eigenvalue weighted by atomic mass is 9.89. The monoisotopic (exact) mass is 373 g/mol. The second kappa shape index (κ2) is 10.4. The molecule has 2 unspecified atom stereocenters. The summed E-state index contributed by atoms with van der Waals surface area (Å²) in [5, 5.41) is 6.31. The van der Waals surface area contributed by atoms with E-state index in [0.29, 0.717) is 24.3 Å². The van der Waals surface area contributed by atoms with Crippen LogP contribution in [0.5, 0.6) is 0 Å². The SMILES string of the molecule is CC(C)(C)CCCC(=O)N1CCCC(CNC(=O)C2CCCN2)C1.Cl. The molecule has 0 saturated carbocycles. The normalized spacial score (nSPS) is 23.9. The molecule has 5 nitrogen and oxygen atoms in total. The summed E-state index contributed by atoms with van der Waals surface area (Å²) in [4.78, 5) is 26.5. The molecule has 0 aliphatic carbocycles. The average Bonchev–Trinajstić information content (AvgIpc) is 3.06. The fourth-order valence-corrected chi connectivity index (χ4v) is 3.66. The van der Waals surface area contributed by atoms with E-state index in [9.17, 15) is 9.59 Å². The van der Waals surface area contributed by atoms with Crippen molar-refractivity contribution in [2.75, 3.05) is 26.2 Å². The molecule has 2 saturated heterocycles. The highest BCUT2D eigenvalue weighted by molar-refractivity contribution is 5.85. The van der Waals surface area contributed by atoms with E-state index in [4.69, 9.17) is 0 Å². The summed E-state index contributed by atoms with van der Waals surface area (Å²) in [7, 11) is 0. The first-order valence-electron chi connectivity index (χ1n) is 9.64. The molecule has 2 heterocycles. The maximum Gasteiger partial charge on any atom is 0.237 e. The van der Waals surface area contributed by atoms with Crippen LogP contribution in [0.25, 0.3) is 0 Å². The molecule has 0 spiro atoms. The Morgan fingerprint density at radius 3 is 2.60 bits per heavy atom. The Hall–Kier alpha value is -0.810. The fraction of sp³-hybridized carbons (Fsp3) is 0.895. The molecule has 2 aliphatic rings. The van der Waals surface area contributed by atoms with Gasteiger partial charge in [-0.25, -0.2) is 0 Å². The smallest absolute Gasteiger partial charge is 0.237 e. The average molecular weight is 374 g/mol. The molecule has 6 heteroatoms. The van der Waals surface area contributed by atoms with E-state index >= 15 is 0 Å². The highest BCUT2D eigenvalue weighted by Gasteiger charge is 2.26. The molecule has 2 amide bonds. The number of likely N-dealkylation sites (tertiary alicyclic amines) is 1. The van der Waals surface area contributed by atoms with Gasteiger partial charge in [0.15, 0.2) is 0 Å². The summed E-state index contributed by atoms with van der Waals surface area (Å²) in [6.07, 6.45) is 6.88. The molecular weight excluding hydrogens is 338 g/mol. The van der Waals surface area contributed by atoms with Crippen molar-refractivity contribution in [3.8, 4) is 0 Å². The molecule has 2 rings (SSSR count). The molecule has 0 aromatic heterocycles. The lowest BCUT2D eigenvalue weighted by Crippen LogP contribution is -2.46. The number of hydrogen-bond donors (Lipinski definition) is 2. The lowest BCUT2D eigenvalue weighted by molar-refractivity contribution is -0.133. The quantitative estimate of drug-likeness (QED) is 0.752. The Kier molecular flexibility index (Phi) is 9.22. The Morgan fingerprint density at radius 1 is 1.20 bits per heavy atom. The minimum atomic E-state index is -0.0104.